The normalized spacial score (nSPS) is 8.13. The maximum Gasteiger partial charge on any atom is 0.0992 e. The van der Waals surface area contributed by atoms with Gasteiger partial charge in [0.15, 0.2) is 0 Å². The molecule has 15 heavy (non-hydrogen) atoms. The predicted octanol–water partition coefficient (Wildman–Crippen LogP) is 3.60. The summed E-state index contributed by atoms with van der Waals surface area (Å²) in [6, 6.07) is 2.03. The Bertz CT molecular complexity index is 397. The van der Waals surface area contributed by atoms with Crippen molar-refractivity contribution < 1.29 is 0 Å². The third-order valence-corrected chi connectivity index (χ3v) is 1.82. The second-order valence-corrected chi connectivity index (χ2v) is 2.72. The van der Waals surface area contributed by atoms with Crippen molar-refractivity contribution in [3.8, 4) is 6.07 Å². The molecular formula is C13H16N2. The Morgan fingerprint density at radius 2 is 2.07 bits per heavy atom. The lowest BCUT2D eigenvalue weighted by molar-refractivity contribution is 1.24. The molecule has 1 aromatic rings. The summed E-state index contributed by atoms with van der Waals surface area (Å²) in [7, 11) is 0. The van der Waals surface area contributed by atoms with Crippen molar-refractivity contribution in [2.45, 2.75) is 20.8 Å². The SMILES string of the molecule is C=Cc1cncc(C)c1C(=C)C#N.CC. The molecule has 0 fully saturated rings. The van der Waals surface area contributed by atoms with Crippen LogP contribution in [0.1, 0.15) is 30.5 Å². The van der Waals surface area contributed by atoms with Crippen LogP contribution in [0.5, 0.6) is 0 Å². The van der Waals surface area contributed by atoms with Crippen LogP contribution >= 0.6 is 0 Å². The van der Waals surface area contributed by atoms with Gasteiger partial charge in [0.2, 0.25) is 0 Å². The van der Waals surface area contributed by atoms with Crippen LogP contribution in [-0.4, -0.2) is 4.98 Å². The van der Waals surface area contributed by atoms with E-state index in [4.69, 9.17) is 5.26 Å². The minimum absolute atomic E-state index is 0.454. The van der Waals surface area contributed by atoms with E-state index in [9.17, 15) is 0 Å². The largest absolute Gasteiger partial charge is 0.264 e. The number of pyridine rings is 1. The number of hydrogen-bond donors (Lipinski definition) is 0. The zero-order valence-corrected chi connectivity index (χ0v) is 9.54. The fourth-order valence-electron chi connectivity index (χ4n) is 1.21. The van der Waals surface area contributed by atoms with Crippen molar-refractivity contribution in [1.82, 2.24) is 4.98 Å². The summed E-state index contributed by atoms with van der Waals surface area (Å²) in [4.78, 5) is 4.01. The number of aromatic nitrogens is 1. The van der Waals surface area contributed by atoms with Gasteiger partial charge in [0.1, 0.15) is 0 Å². The van der Waals surface area contributed by atoms with Gasteiger partial charge >= 0.3 is 0 Å². The van der Waals surface area contributed by atoms with E-state index in [-0.39, 0.29) is 0 Å². The standard InChI is InChI=1S/C11H10N2.C2H6/c1-4-10-7-13-6-9(3)11(10)8(2)5-12;1-2/h4,6-7H,1-2H2,3H3;1-2H3. The molecule has 0 aliphatic rings. The minimum Gasteiger partial charge on any atom is -0.264 e. The van der Waals surface area contributed by atoms with E-state index in [1.165, 1.54) is 0 Å². The summed E-state index contributed by atoms with van der Waals surface area (Å²) in [5, 5.41) is 8.73. The Hall–Kier alpha value is -1.88. The van der Waals surface area contributed by atoms with Crippen LogP contribution in [0.4, 0.5) is 0 Å². The number of hydrogen-bond acceptors (Lipinski definition) is 2. The number of nitrogens with zero attached hydrogens (tertiary/aromatic N) is 2. The second kappa shape index (κ2) is 6.56. The lowest BCUT2D eigenvalue weighted by Crippen LogP contribution is -1.92. The molecule has 0 N–H and O–H groups in total. The smallest absolute Gasteiger partial charge is 0.0992 e. The van der Waals surface area contributed by atoms with Crippen molar-refractivity contribution in [2.24, 2.45) is 0 Å². The van der Waals surface area contributed by atoms with Crippen molar-refractivity contribution >= 4 is 11.6 Å². The molecule has 0 radical (unpaired) electrons. The van der Waals surface area contributed by atoms with Gasteiger partial charge in [-0.1, -0.05) is 33.1 Å². The number of aryl methyl sites for hydroxylation is 1. The Kier molecular flexibility index (Phi) is 5.73. The summed E-state index contributed by atoms with van der Waals surface area (Å²) < 4.78 is 0. The highest BCUT2D eigenvalue weighted by Crippen LogP contribution is 2.20. The molecule has 1 heterocycles. The first-order valence-electron chi connectivity index (χ1n) is 4.87. The van der Waals surface area contributed by atoms with E-state index in [1.54, 1.807) is 18.5 Å². The first-order valence-corrected chi connectivity index (χ1v) is 4.87. The predicted molar refractivity (Wildman–Crippen MR) is 65.1 cm³/mol. The van der Waals surface area contributed by atoms with Crippen molar-refractivity contribution in [3.63, 3.8) is 0 Å². The van der Waals surface area contributed by atoms with Crippen LogP contribution < -0.4 is 0 Å². The molecule has 78 valence electrons. The summed E-state index contributed by atoms with van der Waals surface area (Å²) >= 11 is 0. The van der Waals surface area contributed by atoms with E-state index < -0.39 is 0 Å². The molecule has 0 aromatic carbocycles. The fraction of sp³-hybridized carbons (Fsp3) is 0.231. The molecule has 0 bridgehead atoms. The Labute approximate surface area is 91.6 Å². The number of nitriles is 1. The fourth-order valence-corrected chi connectivity index (χ4v) is 1.21. The van der Waals surface area contributed by atoms with Crippen LogP contribution in [0.3, 0.4) is 0 Å². The Morgan fingerprint density at radius 3 is 2.53 bits per heavy atom. The lowest BCUT2D eigenvalue weighted by atomic mass is 9.99. The Balaban J connectivity index is 0.000000921. The highest BCUT2D eigenvalue weighted by Gasteiger charge is 2.06. The van der Waals surface area contributed by atoms with Crippen molar-refractivity contribution in [2.75, 3.05) is 0 Å². The molecule has 0 saturated heterocycles. The van der Waals surface area contributed by atoms with Gasteiger partial charge in [0, 0.05) is 23.5 Å². The van der Waals surface area contributed by atoms with Crippen LogP contribution in [0.15, 0.2) is 25.6 Å². The number of allylic oxidation sites excluding steroid dienone is 1. The van der Waals surface area contributed by atoms with Crippen molar-refractivity contribution in [3.05, 3.63) is 42.2 Å². The molecule has 2 heteroatoms. The van der Waals surface area contributed by atoms with E-state index in [0.29, 0.717) is 5.57 Å². The molecule has 1 rings (SSSR count). The first kappa shape index (κ1) is 13.1. The molecule has 0 spiro atoms. The van der Waals surface area contributed by atoms with Gasteiger partial charge in [-0.3, -0.25) is 4.98 Å². The van der Waals surface area contributed by atoms with E-state index in [1.807, 2.05) is 26.8 Å². The third-order valence-electron chi connectivity index (χ3n) is 1.82. The maximum absolute atomic E-state index is 8.73. The van der Waals surface area contributed by atoms with Gasteiger partial charge in [0.25, 0.3) is 0 Å². The molecule has 0 amide bonds. The summed E-state index contributed by atoms with van der Waals surface area (Å²) in [5.41, 5.74) is 3.10. The molecule has 1 aromatic heterocycles. The third kappa shape index (κ3) is 3.07. The van der Waals surface area contributed by atoms with Gasteiger partial charge in [-0.15, -0.1) is 0 Å². The van der Waals surface area contributed by atoms with Gasteiger partial charge < -0.3 is 0 Å². The van der Waals surface area contributed by atoms with Crippen molar-refractivity contribution in [1.29, 1.82) is 5.26 Å². The van der Waals surface area contributed by atoms with Crippen LogP contribution in [0.25, 0.3) is 11.6 Å². The topological polar surface area (TPSA) is 36.7 Å². The molecule has 0 aliphatic carbocycles. The summed E-state index contributed by atoms with van der Waals surface area (Å²) in [6.07, 6.45) is 5.07. The number of rotatable bonds is 2. The molecule has 0 aliphatic heterocycles. The molecule has 0 unspecified atom stereocenters. The van der Waals surface area contributed by atoms with Gasteiger partial charge in [-0.25, -0.2) is 0 Å². The lowest BCUT2D eigenvalue weighted by Gasteiger charge is -2.05. The van der Waals surface area contributed by atoms with E-state index >= 15 is 0 Å². The van der Waals surface area contributed by atoms with Gasteiger partial charge in [-0.05, 0) is 12.5 Å². The minimum atomic E-state index is 0.454. The molecular weight excluding hydrogens is 184 g/mol. The van der Waals surface area contributed by atoms with Gasteiger partial charge in [-0.2, -0.15) is 5.26 Å². The average molecular weight is 200 g/mol. The summed E-state index contributed by atoms with van der Waals surface area (Å²) in [6.45, 7) is 13.2. The zero-order chi connectivity index (χ0) is 11.8. The monoisotopic (exact) mass is 200 g/mol. The maximum atomic E-state index is 8.73. The first-order chi connectivity index (χ1) is 7.20. The Morgan fingerprint density at radius 1 is 1.47 bits per heavy atom. The van der Waals surface area contributed by atoms with Crippen LogP contribution in [0, 0.1) is 18.3 Å². The van der Waals surface area contributed by atoms with Gasteiger partial charge in [0.05, 0.1) is 11.6 Å². The van der Waals surface area contributed by atoms with E-state index in [0.717, 1.165) is 16.7 Å². The summed E-state index contributed by atoms with van der Waals surface area (Å²) in [5.74, 6) is 0. The second-order valence-electron chi connectivity index (χ2n) is 2.72. The van der Waals surface area contributed by atoms with Crippen LogP contribution in [-0.2, 0) is 0 Å². The zero-order valence-electron chi connectivity index (χ0n) is 9.54. The molecule has 2 nitrogen and oxygen atoms in total. The highest BCUT2D eigenvalue weighted by atomic mass is 14.6. The van der Waals surface area contributed by atoms with Crippen LogP contribution in [0.2, 0.25) is 0 Å². The average Bonchev–Trinajstić information content (AvgIpc) is 2.30. The van der Waals surface area contributed by atoms with E-state index in [2.05, 4.69) is 18.1 Å². The quantitative estimate of drug-likeness (QED) is 0.684. The molecule has 0 atom stereocenters. The molecule has 0 saturated carbocycles. The highest BCUT2D eigenvalue weighted by molar-refractivity contribution is 5.81.